The van der Waals surface area contributed by atoms with Crippen LogP contribution in [0.1, 0.15) is 39.5 Å². The summed E-state index contributed by atoms with van der Waals surface area (Å²) in [6.07, 6.45) is 2.38. The zero-order valence-electron chi connectivity index (χ0n) is 11.8. The van der Waals surface area contributed by atoms with Crippen molar-refractivity contribution < 1.29 is 23.1 Å². The molecule has 0 spiro atoms. The summed E-state index contributed by atoms with van der Waals surface area (Å²) >= 11 is 0. The molecule has 0 saturated heterocycles. The molecular weight excluding hydrogens is 284 g/mol. The first kappa shape index (κ1) is 16.9. The Balaban J connectivity index is 2.48. The van der Waals surface area contributed by atoms with Crippen molar-refractivity contribution in [2.24, 2.45) is 5.41 Å². The summed E-state index contributed by atoms with van der Waals surface area (Å²) in [6, 6.07) is -0.905. The van der Waals surface area contributed by atoms with E-state index in [2.05, 4.69) is 10.0 Å². The van der Waals surface area contributed by atoms with Gasteiger partial charge in [0.15, 0.2) is 0 Å². The van der Waals surface area contributed by atoms with Crippen LogP contribution in [0.3, 0.4) is 0 Å². The van der Waals surface area contributed by atoms with Crippen molar-refractivity contribution in [1.29, 1.82) is 0 Å². The highest BCUT2D eigenvalue weighted by molar-refractivity contribution is 7.89. The zero-order valence-corrected chi connectivity index (χ0v) is 12.6. The Morgan fingerprint density at radius 1 is 1.35 bits per heavy atom. The van der Waals surface area contributed by atoms with E-state index in [-0.39, 0.29) is 12.3 Å². The highest BCUT2D eigenvalue weighted by Crippen LogP contribution is 2.40. The van der Waals surface area contributed by atoms with Gasteiger partial charge in [-0.25, -0.2) is 13.1 Å². The van der Waals surface area contributed by atoms with Crippen molar-refractivity contribution in [1.82, 2.24) is 10.0 Å². The zero-order chi connectivity index (χ0) is 15.4. The first-order valence-corrected chi connectivity index (χ1v) is 8.39. The minimum atomic E-state index is -3.46. The molecule has 1 fully saturated rings. The van der Waals surface area contributed by atoms with Crippen molar-refractivity contribution in [3.8, 4) is 0 Å². The van der Waals surface area contributed by atoms with E-state index in [4.69, 9.17) is 5.11 Å². The monoisotopic (exact) mass is 306 g/mol. The second-order valence-corrected chi connectivity index (χ2v) is 7.19. The van der Waals surface area contributed by atoms with Gasteiger partial charge in [0.2, 0.25) is 15.9 Å². The molecule has 1 atom stereocenters. The number of amides is 1. The Kier molecular flexibility index (Phi) is 5.52. The lowest BCUT2D eigenvalue weighted by molar-refractivity contribution is -0.154. The molecule has 3 N–H and O–H groups in total. The molecule has 7 nitrogen and oxygen atoms in total. The van der Waals surface area contributed by atoms with E-state index in [1.54, 1.807) is 6.92 Å². The third-order valence-corrected chi connectivity index (χ3v) is 5.25. The van der Waals surface area contributed by atoms with Gasteiger partial charge in [-0.05, 0) is 26.2 Å². The number of carboxylic acids is 1. The average molecular weight is 306 g/mol. The number of sulfonamides is 1. The molecule has 0 radical (unpaired) electrons. The van der Waals surface area contributed by atoms with E-state index >= 15 is 0 Å². The molecule has 0 bridgehead atoms. The molecule has 0 aromatic heterocycles. The highest BCUT2D eigenvalue weighted by atomic mass is 32.2. The normalized spacial score (nSPS) is 18.9. The maximum Gasteiger partial charge on any atom is 0.311 e. The topological polar surface area (TPSA) is 113 Å². The van der Waals surface area contributed by atoms with Crippen molar-refractivity contribution in [3.63, 3.8) is 0 Å². The van der Waals surface area contributed by atoms with Gasteiger partial charge in [-0.3, -0.25) is 9.59 Å². The molecule has 0 heterocycles. The van der Waals surface area contributed by atoms with Gasteiger partial charge in [-0.2, -0.15) is 0 Å². The third-order valence-electron chi connectivity index (χ3n) is 3.59. The molecule has 0 aromatic rings. The van der Waals surface area contributed by atoms with E-state index in [9.17, 15) is 18.0 Å². The molecule has 1 unspecified atom stereocenters. The Labute approximate surface area is 119 Å². The lowest BCUT2D eigenvalue weighted by atomic mass is 9.69. The summed E-state index contributed by atoms with van der Waals surface area (Å²) in [6.45, 7) is 3.22. The fraction of sp³-hybridized carbons (Fsp3) is 0.833. The quantitative estimate of drug-likeness (QED) is 0.587. The number of nitrogens with one attached hydrogen (secondary N) is 2. The first-order chi connectivity index (χ1) is 9.22. The maximum atomic E-state index is 11.8. The van der Waals surface area contributed by atoms with Crippen LogP contribution in [0.5, 0.6) is 0 Å². The number of carbonyl (C=O) groups excluding carboxylic acids is 1. The van der Waals surface area contributed by atoms with Crippen LogP contribution in [0, 0.1) is 5.41 Å². The van der Waals surface area contributed by atoms with Gasteiger partial charge in [0, 0.05) is 6.54 Å². The summed E-state index contributed by atoms with van der Waals surface area (Å²) in [5.41, 5.74) is -0.877. The molecule has 116 valence electrons. The Hall–Kier alpha value is -1.15. The SMILES string of the molecule is CCCS(=O)(=O)NC(C)C(=O)NCC1(C(=O)O)CCC1. The second kappa shape index (κ2) is 6.53. The Morgan fingerprint density at radius 2 is 1.95 bits per heavy atom. The van der Waals surface area contributed by atoms with Gasteiger partial charge >= 0.3 is 5.97 Å². The fourth-order valence-corrected chi connectivity index (χ4v) is 3.43. The predicted octanol–water partition coefficient (Wildman–Crippen LogP) is 0.0754. The Bertz CT molecular complexity index is 470. The summed E-state index contributed by atoms with van der Waals surface area (Å²) < 4.78 is 25.3. The van der Waals surface area contributed by atoms with Crippen LogP contribution in [0.25, 0.3) is 0 Å². The molecular formula is C12H22N2O5S. The van der Waals surface area contributed by atoms with E-state index in [0.717, 1.165) is 6.42 Å². The molecule has 8 heteroatoms. The van der Waals surface area contributed by atoms with Crippen LogP contribution in [-0.2, 0) is 19.6 Å². The van der Waals surface area contributed by atoms with E-state index in [0.29, 0.717) is 19.3 Å². The number of rotatable bonds is 8. The molecule has 20 heavy (non-hydrogen) atoms. The Morgan fingerprint density at radius 3 is 2.35 bits per heavy atom. The summed E-state index contributed by atoms with van der Waals surface area (Å²) in [5, 5.41) is 11.7. The third kappa shape index (κ3) is 4.17. The second-order valence-electron chi connectivity index (χ2n) is 5.32. The van der Waals surface area contributed by atoms with Gasteiger partial charge in [0.1, 0.15) is 0 Å². The molecule has 1 aliphatic rings. The first-order valence-electron chi connectivity index (χ1n) is 6.73. The number of carbonyl (C=O) groups is 2. The highest BCUT2D eigenvalue weighted by Gasteiger charge is 2.44. The molecule has 1 aliphatic carbocycles. The minimum absolute atomic E-state index is 0.0380. The fourth-order valence-electron chi connectivity index (χ4n) is 2.13. The standard InChI is InChI=1S/C12H22N2O5S/c1-3-7-20(18,19)14-9(2)10(15)13-8-12(11(16)17)5-4-6-12/h9,14H,3-8H2,1-2H3,(H,13,15)(H,16,17). The summed E-state index contributed by atoms with van der Waals surface area (Å²) in [7, 11) is -3.46. The molecule has 0 aliphatic heterocycles. The van der Waals surface area contributed by atoms with E-state index < -0.39 is 33.4 Å². The maximum absolute atomic E-state index is 11.8. The minimum Gasteiger partial charge on any atom is -0.481 e. The van der Waals surface area contributed by atoms with E-state index in [1.165, 1.54) is 6.92 Å². The van der Waals surface area contributed by atoms with Crippen LogP contribution >= 0.6 is 0 Å². The predicted molar refractivity (Wildman–Crippen MR) is 73.6 cm³/mol. The smallest absolute Gasteiger partial charge is 0.311 e. The van der Waals surface area contributed by atoms with Crippen LogP contribution in [0.4, 0.5) is 0 Å². The molecule has 0 aromatic carbocycles. The number of aliphatic carboxylic acids is 1. The number of hydrogen-bond donors (Lipinski definition) is 3. The van der Waals surface area contributed by atoms with Crippen LogP contribution in [0.2, 0.25) is 0 Å². The molecule has 1 saturated carbocycles. The van der Waals surface area contributed by atoms with Crippen molar-refractivity contribution in [3.05, 3.63) is 0 Å². The van der Waals surface area contributed by atoms with Gasteiger partial charge in [-0.1, -0.05) is 13.3 Å². The van der Waals surface area contributed by atoms with Gasteiger partial charge < -0.3 is 10.4 Å². The number of hydrogen-bond acceptors (Lipinski definition) is 4. The van der Waals surface area contributed by atoms with Crippen molar-refractivity contribution in [2.45, 2.75) is 45.6 Å². The van der Waals surface area contributed by atoms with Crippen LogP contribution in [-0.4, -0.2) is 43.7 Å². The van der Waals surface area contributed by atoms with E-state index in [1.807, 2.05) is 0 Å². The largest absolute Gasteiger partial charge is 0.481 e. The van der Waals surface area contributed by atoms with Gasteiger partial charge in [0.05, 0.1) is 17.2 Å². The van der Waals surface area contributed by atoms with Crippen molar-refractivity contribution in [2.75, 3.05) is 12.3 Å². The van der Waals surface area contributed by atoms with Gasteiger partial charge in [-0.15, -0.1) is 0 Å². The molecule has 1 amide bonds. The average Bonchev–Trinajstić information content (AvgIpc) is 2.25. The van der Waals surface area contributed by atoms with Crippen molar-refractivity contribution >= 4 is 21.9 Å². The van der Waals surface area contributed by atoms with Gasteiger partial charge in [0.25, 0.3) is 0 Å². The van der Waals surface area contributed by atoms with Crippen LogP contribution in [0.15, 0.2) is 0 Å². The lowest BCUT2D eigenvalue weighted by Crippen LogP contribution is -2.52. The summed E-state index contributed by atoms with van der Waals surface area (Å²) in [4.78, 5) is 22.9. The molecule has 1 rings (SSSR count). The number of carboxylic acid groups (broad SMARTS) is 1. The van der Waals surface area contributed by atoms with Crippen LogP contribution < -0.4 is 10.0 Å². The lowest BCUT2D eigenvalue weighted by Gasteiger charge is -2.37. The summed E-state index contributed by atoms with van der Waals surface area (Å²) in [5.74, 6) is -1.45.